The van der Waals surface area contributed by atoms with Gasteiger partial charge in [0.05, 0.1) is 10.9 Å². The van der Waals surface area contributed by atoms with E-state index in [0.29, 0.717) is 34.4 Å². The molecule has 2 fully saturated rings. The van der Waals surface area contributed by atoms with E-state index in [1.54, 1.807) is 9.47 Å². The van der Waals surface area contributed by atoms with Gasteiger partial charge < -0.3 is 9.80 Å². The Balaban J connectivity index is 1.57. The minimum Gasteiger partial charge on any atom is -0.368 e. The highest BCUT2D eigenvalue weighted by Crippen LogP contribution is 2.40. The number of thiocarbonyl (C=S) groups is 1. The number of carbonyl (C=O) groups excluding carboxylic acids is 1. The first kappa shape index (κ1) is 29.6. The molecule has 42 heavy (non-hydrogen) atoms. The van der Waals surface area contributed by atoms with Crippen molar-refractivity contribution < 1.29 is 4.79 Å². The van der Waals surface area contributed by atoms with Crippen LogP contribution in [0.1, 0.15) is 55.0 Å². The number of amides is 1. The van der Waals surface area contributed by atoms with Gasteiger partial charge in [-0.15, -0.1) is 0 Å². The third kappa shape index (κ3) is 5.74. The molecular formula is C33H35N5O2S2. The van der Waals surface area contributed by atoms with Crippen molar-refractivity contribution in [2.45, 2.75) is 46.2 Å². The summed E-state index contributed by atoms with van der Waals surface area (Å²) in [7, 11) is 0. The highest BCUT2D eigenvalue weighted by molar-refractivity contribution is 8.26. The Bertz CT molecular complexity index is 1600. The zero-order valence-electron chi connectivity index (χ0n) is 24.2. The van der Waals surface area contributed by atoms with E-state index < -0.39 is 0 Å². The number of hydrogen-bond donors (Lipinski definition) is 0. The lowest BCUT2D eigenvalue weighted by molar-refractivity contribution is -0.123. The van der Waals surface area contributed by atoms with E-state index in [4.69, 9.17) is 12.2 Å². The van der Waals surface area contributed by atoms with E-state index in [-0.39, 0.29) is 23.1 Å². The number of nitrogens with zero attached hydrogens (tertiary/aromatic N) is 5. The summed E-state index contributed by atoms with van der Waals surface area (Å²) >= 11 is 6.97. The van der Waals surface area contributed by atoms with E-state index in [2.05, 4.69) is 34.9 Å². The van der Waals surface area contributed by atoms with Crippen molar-refractivity contribution in [3.8, 4) is 6.07 Å². The molecule has 7 nitrogen and oxygen atoms in total. The van der Waals surface area contributed by atoms with E-state index in [1.165, 1.54) is 17.4 Å². The molecule has 5 rings (SSSR count). The highest BCUT2D eigenvalue weighted by Gasteiger charge is 2.37. The molecule has 1 aromatic heterocycles. The molecule has 0 radical (unpaired) electrons. The van der Waals surface area contributed by atoms with Crippen LogP contribution in [0.4, 0.5) is 11.5 Å². The highest BCUT2D eigenvalue weighted by atomic mass is 32.2. The third-order valence-corrected chi connectivity index (χ3v) is 9.38. The number of carbonyl (C=O) groups is 1. The molecule has 9 heteroatoms. The zero-order chi connectivity index (χ0) is 29.8. The number of benzene rings is 2. The number of aromatic nitrogens is 1. The van der Waals surface area contributed by atoms with Gasteiger partial charge in [-0.3, -0.25) is 19.1 Å². The maximum Gasteiger partial charge on any atom is 0.270 e. The summed E-state index contributed by atoms with van der Waals surface area (Å²) in [4.78, 5) is 34.2. The minimum absolute atomic E-state index is 0.122. The van der Waals surface area contributed by atoms with Gasteiger partial charge in [-0.2, -0.15) is 5.26 Å². The topological polar surface area (TPSA) is 72.6 Å². The Morgan fingerprint density at radius 3 is 2.24 bits per heavy atom. The Labute approximate surface area is 257 Å². The zero-order valence-corrected chi connectivity index (χ0v) is 25.9. The van der Waals surface area contributed by atoms with Crippen LogP contribution >= 0.6 is 24.0 Å². The number of para-hydroxylation sites is 1. The Hall–Kier alpha value is -3.87. The Morgan fingerprint density at radius 1 is 1.00 bits per heavy atom. The number of anilines is 2. The quantitative estimate of drug-likeness (QED) is 0.229. The van der Waals surface area contributed by atoms with Crippen LogP contribution in [0.2, 0.25) is 0 Å². The number of unbranched alkanes of at least 4 members (excludes halogenated alkanes) is 1. The lowest BCUT2D eigenvalue weighted by atomic mass is 10.0. The van der Waals surface area contributed by atoms with Crippen molar-refractivity contribution in [1.29, 1.82) is 5.26 Å². The number of pyridine rings is 1. The lowest BCUT2D eigenvalue weighted by Crippen LogP contribution is -2.48. The van der Waals surface area contributed by atoms with Gasteiger partial charge in [0.25, 0.3) is 11.5 Å². The molecule has 0 spiro atoms. The number of rotatable bonds is 8. The van der Waals surface area contributed by atoms with Gasteiger partial charge in [0.2, 0.25) is 0 Å². The average molecular weight is 598 g/mol. The Kier molecular flexibility index (Phi) is 9.15. The van der Waals surface area contributed by atoms with Gasteiger partial charge in [-0.25, -0.2) is 0 Å². The van der Waals surface area contributed by atoms with Crippen molar-refractivity contribution in [2.75, 3.05) is 36.0 Å². The van der Waals surface area contributed by atoms with Crippen LogP contribution < -0.4 is 15.4 Å². The molecule has 216 valence electrons. The van der Waals surface area contributed by atoms with Crippen LogP contribution in [0.3, 0.4) is 0 Å². The SMILES string of the molecule is CCCCn1c(N2CCN(c3ccccc3)CC2)c(C=C2SC(=S)N(C(C)c3ccccc3)C2=O)c(C)c(C#N)c1=O. The molecular weight excluding hydrogens is 563 g/mol. The van der Waals surface area contributed by atoms with E-state index in [1.807, 2.05) is 68.5 Å². The molecule has 3 heterocycles. The van der Waals surface area contributed by atoms with Crippen LogP contribution in [0.15, 0.2) is 70.4 Å². The maximum atomic E-state index is 13.8. The minimum atomic E-state index is -0.272. The third-order valence-electron chi connectivity index (χ3n) is 8.05. The summed E-state index contributed by atoms with van der Waals surface area (Å²) in [5.74, 6) is 0.615. The monoisotopic (exact) mass is 597 g/mol. The average Bonchev–Trinajstić information content (AvgIpc) is 3.30. The van der Waals surface area contributed by atoms with Gasteiger partial charge in [0.1, 0.15) is 21.8 Å². The predicted molar refractivity (Wildman–Crippen MR) is 176 cm³/mol. The van der Waals surface area contributed by atoms with Crippen molar-refractivity contribution in [3.63, 3.8) is 0 Å². The second-order valence-electron chi connectivity index (χ2n) is 10.6. The summed E-state index contributed by atoms with van der Waals surface area (Å²) in [6.07, 6.45) is 3.57. The van der Waals surface area contributed by atoms with Crippen molar-refractivity contribution in [3.05, 3.63) is 98.2 Å². The van der Waals surface area contributed by atoms with E-state index in [9.17, 15) is 14.9 Å². The summed E-state index contributed by atoms with van der Waals surface area (Å²) in [6, 6.07) is 22.1. The van der Waals surface area contributed by atoms with Crippen molar-refractivity contribution >= 4 is 51.8 Å². The smallest absolute Gasteiger partial charge is 0.270 e. The summed E-state index contributed by atoms with van der Waals surface area (Å²) < 4.78 is 2.25. The molecule has 0 saturated carbocycles. The fourth-order valence-corrected chi connectivity index (χ4v) is 7.05. The molecule has 3 aromatic rings. The van der Waals surface area contributed by atoms with Gasteiger partial charge in [0, 0.05) is 44.0 Å². The first-order chi connectivity index (χ1) is 20.3. The molecule has 2 aliphatic heterocycles. The first-order valence-corrected chi connectivity index (χ1v) is 15.6. The fraction of sp³-hybridized carbons (Fsp3) is 0.333. The molecule has 1 unspecified atom stereocenters. The predicted octanol–water partition coefficient (Wildman–Crippen LogP) is 6.12. The van der Waals surface area contributed by atoms with Crippen LogP contribution in [0, 0.1) is 18.3 Å². The second-order valence-corrected chi connectivity index (χ2v) is 12.3. The largest absolute Gasteiger partial charge is 0.368 e. The standard InChI is InChI=1S/C33H35N5O2S2/c1-4-5-16-37-30(36-19-17-35(18-20-36)26-14-10-7-11-15-26)27(23(2)28(22-34)31(37)39)21-29-32(40)38(33(41)42-29)24(3)25-12-8-6-9-13-25/h6-15,21,24H,4-5,16-20H2,1-3H3. The summed E-state index contributed by atoms with van der Waals surface area (Å²) in [5, 5.41) is 10.0. The Morgan fingerprint density at radius 2 is 1.62 bits per heavy atom. The fourth-order valence-electron chi connectivity index (χ4n) is 5.65. The van der Waals surface area contributed by atoms with Crippen molar-refractivity contribution in [1.82, 2.24) is 9.47 Å². The van der Waals surface area contributed by atoms with E-state index >= 15 is 0 Å². The van der Waals surface area contributed by atoms with Crippen LogP contribution in [0.25, 0.3) is 6.08 Å². The number of piperazine rings is 1. The lowest BCUT2D eigenvalue weighted by Gasteiger charge is -2.39. The normalized spacial score (nSPS) is 17.2. The molecule has 1 amide bonds. The van der Waals surface area contributed by atoms with Crippen LogP contribution in [0.5, 0.6) is 0 Å². The van der Waals surface area contributed by atoms with E-state index in [0.717, 1.165) is 42.9 Å². The molecule has 0 bridgehead atoms. The number of hydrogen-bond acceptors (Lipinski definition) is 7. The molecule has 2 aromatic carbocycles. The number of nitriles is 1. The summed E-state index contributed by atoms with van der Waals surface area (Å²) in [6.45, 7) is 9.38. The van der Waals surface area contributed by atoms with Gasteiger partial charge >= 0.3 is 0 Å². The maximum absolute atomic E-state index is 13.8. The van der Waals surface area contributed by atoms with Gasteiger partial charge in [-0.1, -0.05) is 85.9 Å². The molecule has 2 saturated heterocycles. The van der Waals surface area contributed by atoms with Gasteiger partial charge in [-0.05, 0) is 49.6 Å². The molecule has 2 aliphatic rings. The summed E-state index contributed by atoms with van der Waals surface area (Å²) in [5.41, 5.74) is 3.36. The second kappa shape index (κ2) is 13.0. The van der Waals surface area contributed by atoms with Gasteiger partial charge in [0.15, 0.2) is 0 Å². The molecule has 0 aliphatic carbocycles. The van der Waals surface area contributed by atoms with Crippen LogP contribution in [-0.4, -0.2) is 45.9 Å². The number of thioether (sulfide) groups is 1. The molecule has 1 atom stereocenters. The first-order valence-electron chi connectivity index (χ1n) is 14.4. The van der Waals surface area contributed by atoms with Crippen molar-refractivity contribution in [2.24, 2.45) is 0 Å². The molecule has 0 N–H and O–H groups in total. The van der Waals surface area contributed by atoms with Crippen LogP contribution in [-0.2, 0) is 11.3 Å².